The average Bonchev–Trinajstić information content (AvgIpc) is 1.93. The minimum absolute atomic E-state index is 0.595. The zero-order chi connectivity index (χ0) is 8.27. The molecule has 3 heteroatoms. The Morgan fingerprint density at radius 3 is 3.00 bits per heavy atom. The molecule has 0 aromatic carbocycles. The maximum absolute atomic E-state index is 5.43. The van der Waals surface area contributed by atoms with Crippen LogP contribution >= 0.6 is 12.2 Å². The topological polar surface area (TPSA) is 29.3 Å². The van der Waals surface area contributed by atoms with Crippen molar-refractivity contribution >= 4 is 17.2 Å². The molecule has 1 aliphatic rings. The molecule has 0 amide bonds. The standard InChI is InChI=1S/C8H14N2S/c1-7-2-4-10(5-3-7)6-8(9)11/h2H,3-6H2,1H3,(H2,9,11). The van der Waals surface area contributed by atoms with E-state index in [2.05, 4.69) is 17.9 Å². The van der Waals surface area contributed by atoms with Crippen molar-refractivity contribution in [3.05, 3.63) is 11.6 Å². The first-order valence-electron chi connectivity index (χ1n) is 3.85. The molecule has 1 heterocycles. The van der Waals surface area contributed by atoms with Crippen molar-refractivity contribution < 1.29 is 0 Å². The first-order chi connectivity index (χ1) is 5.18. The highest BCUT2D eigenvalue weighted by molar-refractivity contribution is 7.80. The van der Waals surface area contributed by atoms with Crippen LogP contribution in [0.4, 0.5) is 0 Å². The molecule has 2 nitrogen and oxygen atoms in total. The van der Waals surface area contributed by atoms with Gasteiger partial charge in [0.2, 0.25) is 0 Å². The summed E-state index contributed by atoms with van der Waals surface area (Å²) in [5, 5.41) is 0. The minimum atomic E-state index is 0.595. The van der Waals surface area contributed by atoms with Crippen molar-refractivity contribution in [3.8, 4) is 0 Å². The van der Waals surface area contributed by atoms with Gasteiger partial charge in [-0.25, -0.2) is 0 Å². The second-order valence-corrected chi connectivity index (χ2v) is 3.53. The van der Waals surface area contributed by atoms with Gasteiger partial charge in [0.1, 0.15) is 0 Å². The number of nitrogens with zero attached hydrogens (tertiary/aromatic N) is 1. The number of rotatable bonds is 2. The summed E-state index contributed by atoms with van der Waals surface area (Å²) in [6.45, 7) is 5.03. The molecule has 11 heavy (non-hydrogen) atoms. The van der Waals surface area contributed by atoms with Gasteiger partial charge in [-0.2, -0.15) is 0 Å². The molecular weight excluding hydrogens is 156 g/mol. The van der Waals surface area contributed by atoms with Crippen LogP contribution in [0.25, 0.3) is 0 Å². The summed E-state index contributed by atoms with van der Waals surface area (Å²) in [5.74, 6) is 0. The first kappa shape index (κ1) is 8.68. The van der Waals surface area contributed by atoms with Gasteiger partial charge in [0.15, 0.2) is 0 Å². The molecular formula is C8H14N2S. The van der Waals surface area contributed by atoms with Crippen LogP contribution in [0.2, 0.25) is 0 Å². The van der Waals surface area contributed by atoms with Crippen molar-refractivity contribution in [3.63, 3.8) is 0 Å². The van der Waals surface area contributed by atoms with E-state index >= 15 is 0 Å². The third kappa shape index (κ3) is 2.99. The van der Waals surface area contributed by atoms with E-state index in [4.69, 9.17) is 18.0 Å². The van der Waals surface area contributed by atoms with Gasteiger partial charge in [0, 0.05) is 19.6 Å². The molecule has 1 aliphatic heterocycles. The van der Waals surface area contributed by atoms with Gasteiger partial charge in [0.25, 0.3) is 0 Å². The van der Waals surface area contributed by atoms with Crippen molar-refractivity contribution in [2.75, 3.05) is 19.6 Å². The largest absolute Gasteiger partial charge is 0.392 e. The van der Waals surface area contributed by atoms with Gasteiger partial charge in [-0.3, -0.25) is 4.90 Å². The predicted octanol–water partition coefficient (Wildman–Crippen LogP) is 0.925. The van der Waals surface area contributed by atoms with Crippen LogP contribution < -0.4 is 5.73 Å². The lowest BCUT2D eigenvalue weighted by atomic mass is 10.1. The molecule has 0 aliphatic carbocycles. The molecule has 0 spiro atoms. The molecule has 2 N–H and O–H groups in total. The fourth-order valence-electron chi connectivity index (χ4n) is 1.18. The van der Waals surface area contributed by atoms with Crippen molar-refractivity contribution in [1.82, 2.24) is 4.90 Å². The molecule has 0 atom stereocenters. The van der Waals surface area contributed by atoms with Crippen molar-refractivity contribution in [2.24, 2.45) is 5.73 Å². The zero-order valence-electron chi connectivity index (χ0n) is 6.84. The van der Waals surface area contributed by atoms with Crippen LogP contribution in [-0.2, 0) is 0 Å². The summed E-state index contributed by atoms with van der Waals surface area (Å²) in [7, 11) is 0. The van der Waals surface area contributed by atoms with Gasteiger partial charge in [0.05, 0.1) is 4.99 Å². The quantitative estimate of drug-likeness (QED) is 0.494. The molecule has 0 unspecified atom stereocenters. The third-order valence-electron chi connectivity index (χ3n) is 1.90. The second-order valence-electron chi connectivity index (χ2n) is 3.00. The Bertz CT molecular complexity index is 187. The lowest BCUT2D eigenvalue weighted by Gasteiger charge is -2.24. The zero-order valence-corrected chi connectivity index (χ0v) is 7.66. The number of hydrogen-bond acceptors (Lipinski definition) is 2. The maximum atomic E-state index is 5.43. The fraction of sp³-hybridized carbons (Fsp3) is 0.625. The highest BCUT2D eigenvalue weighted by Gasteiger charge is 2.08. The summed E-state index contributed by atoms with van der Waals surface area (Å²) in [6.07, 6.45) is 3.39. The van der Waals surface area contributed by atoms with Gasteiger partial charge in [-0.1, -0.05) is 23.9 Å². The van der Waals surface area contributed by atoms with Gasteiger partial charge in [-0.15, -0.1) is 0 Å². The lowest BCUT2D eigenvalue weighted by Crippen LogP contribution is -2.35. The van der Waals surface area contributed by atoms with E-state index < -0.39 is 0 Å². The van der Waals surface area contributed by atoms with Gasteiger partial charge in [-0.05, 0) is 13.3 Å². The Morgan fingerprint density at radius 2 is 2.55 bits per heavy atom. The predicted molar refractivity (Wildman–Crippen MR) is 51.6 cm³/mol. The molecule has 0 aromatic rings. The van der Waals surface area contributed by atoms with Crippen molar-refractivity contribution in [1.29, 1.82) is 0 Å². The highest BCUT2D eigenvalue weighted by Crippen LogP contribution is 2.08. The Hall–Kier alpha value is -0.410. The molecule has 0 saturated heterocycles. The number of thiocarbonyl (C=S) groups is 1. The molecule has 1 rings (SSSR count). The van der Waals surface area contributed by atoms with Crippen LogP contribution in [0.3, 0.4) is 0 Å². The summed E-state index contributed by atoms with van der Waals surface area (Å²) < 4.78 is 0. The third-order valence-corrected chi connectivity index (χ3v) is 2.03. The van der Waals surface area contributed by atoms with Crippen LogP contribution in [0.1, 0.15) is 13.3 Å². The first-order valence-corrected chi connectivity index (χ1v) is 4.25. The van der Waals surface area contributed by atoms with Crippen LogP contribution in [0.5, 0.6) is 0 Å². The fourth-order valence-corrected chi connectivity index (χ4v) is 1.36. The summed E-state index contributed by atoms with van der Waals surface area (Å²) in [6, 6.07) is 0. The molecule has 0 bridgehead atoms. The number of hydrogen-bond donors (Lipinski definition) is 1. The molecule has 0 aromatic heterocycles. The average molecular weight is 170 g/mol. The minimum Gasteiger partial charge on any atom is -0.392 e. The Balaban J connectivity index is 2.35. The SMILES string of the molecule is CC1=CCN(CC(N)=S)CC1. The summed E-state index contributed by atoms with van der Waals surface area (Å²) in [4.78, 5) is 2.85. The Kier molecular flexibility index (Phi) is 3.02. The van der Waals surface area contributed by atoms with Crippen LogP contribution in [-0.4, -0.2) is 29.5 Å². The maximum Gasteiger partial charge on any atom is 0.0870 e. The smallest absolute Gasteiger partial charge is 0.0870 e. The molecule has 62 valence electrons. The van der Waals surface area contributed by atoms with Crippen molar-refractivity contribution in [2.45, 2.75) is 13.3 Å². The molecule has 0 saturated carbocycles. The van der Waals surface area contributed by atoms with E-state index in [9.17, 15) is 0 Å². The van der Waals surface area contributed by atoms with Crippen LogP contribution in [0, 0.1) is 0 Å². The lowest BCUT2D eigenvalue weighted by molar-refractivity contribution is 0.335. The van der Waals surface area contributed by atoms with E-state index in [-0.39, 0.29) is 0 Å². The highest BCUT2D eigenvalue weighted by atomic mass is 32.1. The normalized spacial score (nSPS) is 19.5. The monoisotopic (exact) mass is 170 g/mol. The van der Waals surface area contributed by atoms with E-state index in [1.54, 1.807) is 0 Å². The second kappa shape index (κ2) is 3.83. The van der Waals surface area contributed by atoms with E-state index in [0.29, 0.717) is 4.99 Å². The van der Waals surface area contributed by atoms with E-state index in [1.165, 1.54) is 5.57 Å². The van der Waals surface area contributed by atoms with Crippen LogP contribution in [0.15, 0.2) is 11.6 Å². The number of nitrogens with two attached hydrogens (primary N) is 1. The summed E-state index contributed by atoms with van der Waals surface area (Å²) >= 11 is 4.82. The van der Waals surface area contributed by atoms with Gasteiger partial charge < -0.3 is 5.73 Å². The van der Waals surface area contributed by atoms with Gasteiger partial charge >= 0.3 is 0 Å². The molecule has 0 fully saturated rings. The van der Waals surface area contributed by atoms with E-state index in [0.717, 1.165) is 26.1 Å². The molecule has 0 radical (unpaired) electrons. The summed E-state index contributed by atoms with van der Waals surface area (Å²) in [5.41, 5.74) is 6.90. The van der Waals surface area contributed by atoms with E-state index in [1.807, 2.05) is 0 Å². The Morgan fingerprint density at radius 1 is 1.82 bits per heavy atom. The Labute approximate surface area is 73.1 Å².